The zero-order valence-electron chi connectivity index (χ0n) is 16.3. The number of amides is 2. The van der Waals surface area contributed by atoms with Crippen molar-refractivity contribution in [3.63, 3.8) is 0 Å². The fourth-order valence-electron chi connectivity index (χ4n) is 3.17. The summed E-state index contributed by atoms with van der Waals surface area (Å²) in [6, 6.07) is 16.2. The van der Waals surface area contributed by atoms with Crippen LogP contribution in [0.15, 0.2) is 67.0 Å². The minimum atomic E-state index is -0.582. The van der Waals surface area contributed by atoms with Gasteiger partial charge in [0.2, 0.25) is 0 Å². The molecule has 0 saturated carbocycles. The predicted molar refractivity (Wildman–Crippen MR) is 115 cm³/mol. The van der Waals surface area contributed by atoms with E-state index in [1.807, 2.05) is 43.6 Å². The lowest BCUT2D eigenvalue weighted by atomic mass is 10.1. The van der Waals surface area contributed by atoms with Crippen molar-refractivity contribution >= 4 is 34.1 Å². The predicted octanol–water partition coefficient (Wildman–Crippen LogP) is 2.93. The van der Waals surface area contributed by atoms with Crippen molar-refractivity contribution in [2.75, 3.05) is 10.6 Å². The third-order valence-electron chi connectivity index (χ3n) is 4.61. The number of anilines is 2. The Hall–Kier alpha value is -4.20. The molecule has 0 aliphatic carbocycles. The molecule has 0 unspecified atom stereocenters. The number of primary amides is 1. The molecule has 8 nitrogen and oxygen atoms in total. The van der Waals surface area contributed by atoms with Gasteiger partial charge in [-0.2, -0.15) is 5.10 Å². The highest BCUT2D eigenvalue weighted by Gasteiger charge is 2.12. The molecule has 2 heterocycles. The SMILES string of the molecule is Cn1cc2ccc(NC(=O)c3ccccc3NCc3ccnc(C(N)=O)c3)cc2n1. The summed E-state index contributed by atoms with van der Waals surface area (Å²) in [5, 5.41) is 11.5. The molecule has 2 aromatic carbocycles. The maximum absolute atomic E-state index is 12.9. The second kappa shape index (κ2) is 8.04. The lowest BCUT2D eigenvalue weighted by Crippen LogP contribution is -2.15. The molecular weight excluding hydrogens is 380 g/mol. The van der Waals surface area contributed by atoms with E-state index in [0.717, 1.165) is 16.5 Å². The van der Waals surface area contributed by atoms with Gasteiger partial charge >= 0.3 is 0 Å². The maximum atomic E-state index is 12.9. The van der Waals surface area contributed by atoms with Crippen molar-refractivity contribution in [1.29, 1.82) is 0 Å². The number of nitrogens with zero attached hydrogens (tertiary/aromatic N) is 3. The van der Waals surface area contributed by atoms with Gasteiger partial charge in [0, 0.05) is 42.7 Å². The lowest BCUT2D eigenvalue weighted by molar-refractivity contribution is 0.0993. The Morgan fingerprint density at radius 2 is 1.93 bits per heavy atom. The largest absolute Gasteiger partial charge is 0.380 e. The van der Waals surface area contributed by atoms with E-state index in [1.54, 1.807) is 28.9 Å². The molecule has 30 heavy (non-hydrogen) atoms. The van der Waals surface area contributed by atoms with Crippen molar-refractivity contribution < 1.29 is 9.59 Å². The van der Waals surface area contributed by atoms with Crippen molar-refractivity contribution in [1.82, 2.24) is 14.8 Å². The molecule has 0 spiro atoms. The van der Waals surface area contributed by atoms with E-state index >= 15 is 0 Å². The van der Waals surface area contributed by atoms with Crippen LogP contribution in [0.25, 0.3) is 10.9 Å². The summed E-state index contributed by atoms with van der Waals surface area (Å²) >= 11 is 0. The Labute approximate surface area is 172 Å². The number of nitrogens with two attached hydrogens (primary N) is 1. The third kappa shape index (κ3) is 4.12. The van der Waals surface area contributed by atoms with E-state index in [4.69, 9.17) is 5.73 Å². The highest BCUT2D eigenvalue weighted by atomic mass is 16.2. The highest BCUT2D eigenvalue weighted by Crippen LogP contribution is 2.21. The Balaban J connectivity index is 1.51. The minimum Gasteiger partial charge on any atom is -0.380 e. The van der Waals surface area contributed by atoms with Crippen LogP contribution in [0.2, 0.25) is 0 Å². The molecule has 0 fully saturated rings. The van der Waals surface area contributed by atoms with Crippen LogP contribution in [0.5, 0.6) is 0 Å². The smallest absolute Gasteiger partial charge is 0.267 e. The monoisotopic (exact) mass is 400 g/mol. The van der Waals surface area contributed by atoms with Gasteiger partial charge < -0.3 is 16.4 Å². The second-order valence-electron chi connectivity index (χ2n) is 6.84. The number of benzene rings is 2. The van der Waals surface area contributed by atoms with Gasteiger partial charge in [0.25, 0.3) is 11.8 Å². The molecule has 0 saturated heterocycles. The molecule has 2 aromatic heterocycles. The summed E-state index contributed by atoms with van der Waals surface area (Å²) in [7, 11) is 1.86. The van der Waals surface area contributed by atoms with Crippen molar-refractivity contribution in [2.24, 2.45) is 12.8 Å². The molecule has 150 valence electrons. The first kappa shape index (κ1) is 19.1. The molecule has 8 heteroatoms. The van der Waals surface area contributed by atoms with Gasteiger partial charge in [0.1, 0.15) is 5.69 Å². The van der Waals surface area contributed by atoms with Gasteiger partial charge in [-0.25, -0.2) is 0 Å². The molecule has 0 bridgehead atoms. The van der Waals surface area contributed by atoms with Crippen LogP contribution in [0.3, 0.4) is 0 Å². The Kier molecular flexibility index (Phi) is 5.13. The van der Waals surface area contributed by atoms with Crippen molar-refractivity contribution in [3.8, 4) is 0 Å². The summed E-state index contributed by atoms with van der Waals surface area (Å²) in [6.45, 7) is 0.410. The normalized spacial score (nSPS) is 10.7. The number of nitrogens with one attached hydrogen (secondary N) is 2. The van der Waals surface area contributed by atoms with Crippen LogP contribution in [-0.4, -0.2) is 26.6 Å². The summed E-state index contributed by atoms with van der Waals surface area (Å²) < 4.78 is 1.73. The highest BCUT2D eigenvalue weighted by molar-refractivity contribution is 6.08. The van der Waals surface area contributed by atoms with E-state index < -0.39 is 5.91 Å². The lowest BCUT2D eigenvalue weighted by Gasteiger charge is -2.12. The number of rotatable bonds is 6. The zero-order chi connectivity index (χ0) is 21.1. The van der Waals surface area contributed by atoms with Crippen LogP contribution < -0.4 is 16.4 Å². The average molecular weight is 400 g/mol. The van der Waals surface area contributed by atoms with Crippen molar-refractivity contribution in [3.05, 3.63) is 83.8 Å². The average Bonchev–Trinajstić information content (AvgIpc) is 3.12. The van der Waals surface area contributed by atoms with Crippen LogP contribution in [-0.2, 0) is 13.6 Å². The molecular formula is C22H20N6O2. The molecule has 0 aliphatic heterocycles. The van der Waals surface area contributed by atoms with Gasteiger partial charge in [0.05, 0.1) is 11.1 Å². The van der Waals surface area contributed by atoms with Crippen LogP contribution in [0, 0.1) is 0 Å². The van der Waals surface area contributed by atoms with Gasteiger partial charge in [-0.1, -0.05) is 12.1 Å². The fourth-order valence-corrected chi connectivity index (χ4v) is 3.17. The first-order valence-corrected chi connectivity index (χ1v) is 9.32. The number of carbonyl (C=O) groups is 2. The number of para-hydroxylation sites is 1. The summed E-state index contributed by atoms with van der Waals surface area (Å²) in [5.41, 5.74) is 8.96. The number of pyridine rings is 1. The minimum absolute atomic E-state index is 0.199. The van der Waals surface area contributed by atoms with Gasteiger partial charge in [0.15, 0.2) is 0 Å². The first-order chi connectivity index (χ1) is 14.5. The number of fused-ring (bicyclic) bond motifs is 1. The number of aryl methyl sites for hydroxylation is 1. The molecule has 0 radical (unpaired) electrons. The first-order valence-electron chi connectivity index (χ1n) is 9.32. The zero-order valence-corrected chi connectivity index (χ0v) is 16.3. The Bertz CT molecular complexity index is 1250. The van der Waals surface area contributed by atoms with E-state index in [-0.39, 0.29) is 11.6 Å². The van der Waals surface area contributed by atoms with Crippen molar-refractivity contribution in [2.45, 2.75) is 6.54 Å². The second-order valence-corrected chi connectivity index (χ2v) is 6.84. The quantitative estimate of drug-likeness (QED) is 0.460. The van der Waals surface area contributed by atoms with Gasteiger partial charge in [-0.3, -0.25) is 19.3 Å². The molecule has 4 aromatic rings. The van der Waals surface area contributed by atoms with Crippen LogP contribution >= 0.6 is 0 Å². The molecule has 4 N–H and O–H groups in total. The van der Waals surface area contributed by atoms with Gasteiger partial charge in [-0.05, 0) is 48.0 Å². The van der Waals surface area contributed by atoms with Gasteiger partial charge in [-0.15, -0.1) is 0 Å². The number of aromatic nitrogens is 3. The number of hydrogen-bond donors (Lipinski definition) is 3. The molecule has 2 amide bonds. The molecule has 0 atom stereocenters. The summed E-state index contributed by atoms with van der Waals surface area (Å²) in [5.74, 6) is -0.817. The fraction of sp³-hybridized carbons (Fsp3) is 0.0909. The van der Waals surface area contributed by atoms with E-state index in [2.05, 4.69) is 20.7 Å². The topological polar surface area (TPSA) is 115 Å². The Morgan fingerprint density at radius 3 is 2.77 bits per heavy atom. The Morgan fingerprint density at radius 1 is 1.10 bits per heavy atom. The standard InChI is InChI=1S/C22H20N6O2/c1-28-13-15-6-7-16(11-19(15)27-28)26-22(30)17-4-2-3-5-18(17)25-12-14-8-9-24-20(10-14)21(23)29/h2-11,13,25H,12H2,1H3,(H2,23,29)(H,26,30). The van der Waals surface area contributed by atoms with E-state index in [0.29, 0.717) is 23.5 Å². The van der Waals surface area contributed by atoms with E-state index in [9.17, 15) is 9.59 Å². The van der Waals surface area contributed by atoms with E-state index in [1.165, 1.54) is 6.20 Å². The maximum Gasteiger partial charge on any atom is 0.267 e. The van der Waals surface area contributed by atoms with Crippen LogP contribution in [0.1, 0.15) is 26.4 Å². The molecule has 4 rings (SSSR count). The van der Waals surface area contributed by atoms with Crippen LogP contribution in [0.4, 0.5) is 11.4 Å². The summed E-state index contributed by atoms with van der Waals surface area (Å²) in [6.07, 6.45) is 3.45. The third-order valence-corrected chi connectivity index (χ3v) is 4.61. The summed E-state index contributed by atoms with van der Waals surface area (Å²) in [4.78, 5) is 28.1. The molecule has 0 aliphatic rings. The number of hydrogen-bond acceptors (Lipinski definition) is 5. The number of carbonyl (C=O) groups excluding carboxylic acids is 2.